The maximum absolute atomic E-state index is 2.48. The number of benzene rings is 12. The van der Waals surface area contributed by atoms with E-state index in [0.29, 0.717) is 0 Å². The Labute approximate surface area is 465 Å². The van der Waals surface area contributed by atoms with Gasteiger partial charge in [0.25, 0.3) is 0 Å². The molecule has 0 unspecified atom stereocenters. The molecular weight excluding hydrogens is 967 g/mol. The van der Waals surface area contributed by atoms with E-state index in [4.69, 9.17) is 0 Å². The Hall–Kier alpha value is -9.96. The van der Waals surface area contributed by atoms with Gasteiger partial charge in [-0.1, -0.05) is 187 Å². The van der Waals surface area contributed by atoms with Crippen LogP contribution < -0.4 is 0 Å². The molecule has 0 radical (unpaired) electrons. The van der Waals surface area contributed by atoms with Crippen molar-refractivity contribution >= 4 is 92.7 Å². The van der Waals surface area contributed by atoms with Gasteiger partial charge >= 0.3 is 0 Å². The molecule has 0 atom stereocenters. The minimum absolute atomic E-state index is 1.11. The van der Waals surface area contributed by atoms with Gasteiger partial charge in [-0.05, 0) is 180 Å². The first kappa shape index (κ1) is 47.3. The van der Waals surface area contributed by atoms with E-state index < -0.39 is 0 Å². The molecule has 0 saturated heterocycles. The van der Waals surface area contributed by atoms with Gasteiger partial charge in [-0.15, -0.1) is 0 Å². The molecule has 3 nitrogen and oxygen atoms in total. The Bertz CT molecular complexity index is 4920. The highest BCUT2D eigenvalue weighted by atomic mass is 15.0. The fourth-order valence-corrected chi connectivity index (χ4v) is 13.0. The topological polar surface area (TPSA) is 14.8 Å². The highest BCUT2D eigenvalue weighted by Crippen LogP contribution is 2.46. The van der Waals surface area contributed by atoms with Crippen molar-refractivity contribution in [3.63, 3.8) is 0 Å². The van der Waals surface area contributed by atoms with E-state index in [1.54, 1.807) is 0 Å². The van der Waals surface area contributed by atoms with E-state index in [0.717, 1.165) is 28.0 Å². The van der Waals surface area contributed by atoms with Gasteiger partial charge < -0.3 is 13.7 Å². The molecule has 0 aliphatic carbocycles. The molecule has 3 heterocycles. The normalized spacial score (nSPS) is 12.1. The summed E-state index contributed by atoms with van der Waals surface area (Å²) in [5, 5.41) is 12.4. The Kier molecular flexibility index (Phi) is 11.0. The van der Waals surface area contributed by atoms with Crippen LogP contribution in [0.1, 0.15) is 37.5 Å². The summed E-state index contributed by atoms with van der Waals surface area (Å²) in [6, 6.07) is 92.6. The van der Waals surface area contributed by atoms with Gasteiger partial charge in [0.15, 0.2) is 0 Å². The fourth-order valence-electron chi connectivity index (χ4n) is 13.0. The third-order valence-corrected chi connectivity index (χ3v) is 17.2. The van der Waals surface area contributed by atoms with Crippen LogP contribution in [0.3, 0.4) is 0 Å². The highest BCUT2D eigenvalue weighted by Gasteiger charge is 2.23. The Morgan fingerprint density at radius 2 is 0.738 bits per heavy atom. The molecule has 0 fully saturated rings. The van der Waals surface area contributed by atoms with E-state index in [-0.39, 0.29) is 0 Å². The summed E-state index contributed by atoms with van der Waals surface area (Å²) < 4.78 is 7.44. The number of aryl methyl sites for hydroxylation is 2. The molecule has 0 saturated carbocycles. The SMILES string of the molecule is CC(C)=C(C)/C=C(/c1ccc2c(c1)c1cc(-c3cc(C)c(C)cc3-n3c4ccccc4c4ccccc43)ccc1n2-c1ccc(-c2c3ccccc3c(-c3ccccc3)c3ccccc23)cc1)n1c2ccccc2c2ccccc21. The third kappa shape index (κ3) is 7.35. The molecule has 0 aliphatic rings. The number of nitrogens with zero attached hydrogens (tertiary/aromatic N) is 3. The van der Waals surface area contributed by atoms with Crippen LogP contribution in [0.25, 0.3) is 137 Å². The van der Waals surface area contributed by atoms with Crippen molar-refractivity contribution < 1.29 is 0 Å². The van der Waals surface area contributed by atoms with E-state index in [1.807, 2.05) is 0 Å². The lowest BCUT2D eigenvalue weighted by Gasteiger charge is -2.18. The van der Waals surface area contributed by atoms with Gasteiger partial charge in [-0.3, -0.25) is 0 Å². The standard InChI is InChI=1S/C77H57N3/c1-48(2)49(3)44-74(79-68-31-17-13-23-57(68)58-24-14-18-32-69(58)79)55-38-42-73-67(47-55)66-46-54(65-43-50(4)51(5)45-75(65)80-70-33-19-15-25-59(70)60-26-16-20-34-71(60)80)37-41-72(66)78(73)56-39-35-53(36-40-56)77-63-29-11-9-27-61(63)76(52-21-7-6-8-22-52)62-28-10-12-30-64(62)77/h6-47H,1-5H3/b74-44-. The largest absolute Gasteiger partial charge is 0.309 e. The van der Waals surface area contributed by atoms with E-state index in [9.17, 15) is 0 Å². The van der Waals surface area contributed by atoms with Crippen LogP contribution in [0.15, 0.2) is 266 Å². The van der Waals surface area contributed by atoms with E-state index in [2.05, 4.69) is 303 Å². The molecule has 3 heteroatoms. The van der Waals surface area contributed by atoms with Crippen LogP contribution in [-0.2, 0) is 0 Å². The molecule has 0 aliphatic heterocycles. The van der Waals surface area contributed by atoms with Crippen LogP contribution in [0.2, 0.25) is 0 Å². The molecule has 0 bridgehead atoms. The molecule has 80 heavy (non-hydrogen) atoms. The average Bonchev–Trinajstić information content (AvgIpc) is 4.15. The van der Waals surface area contributed by atoms with Crippen LogP contribution in [0.5, 0.6) is 0 Å². The fraction of sp³-hybridized carbons (Fsp3) is 0.0649. The van der Waals surface area contributed by atoms with Crippen LogP contribution >= 0.6 is 0 Å². The predicted molar refractivity (Wildman–Crippen MR) is 343 cm³/mol. The number of allylic oxidation sites excluding steroid dienone is 3. The van der Waals surface area contributed by atoms with Crippen molar-refractivity contribution in [1.82, 2.24) is 13.7 Å². The number of hydrogen-bond acceptors (Lipinski definition) is 0. The van der Waals surface area contributed by atoms with E-state index in [1.165, 1.54) is 137 Å². The average molecular weight is 1020 g/mol. The minimum Gasteiger partial charge on any atom is -0.309 e. The molecule has 12 aromatic carbocycles. The van der Waals surface area contributed by atoms with Crippen LogP contribution in [0, 0.1) is 13.8 Å². The van der Waals surface area contributed by atoms with Crippen molar-refractivity contribution in [2.45, 2.75) is 34.6 Å². The van der Waals surface area contributed by atoms with Crippen LogP contribution in [0.4, 0.5) is 0 Å². The lowest BCUT2D eigenvalue weighted by atomic mass is 9.86. The second-order valence-corrected chi connectivity index (χ2v) is 22.0. The summed E-state index contributed by atoms with van der Waals surface area (Å²) in [6.07, 6.45) is 2.39. The van der Waals surface area contributed by atoms with Crippen molar-refractivity contribution in [3.8, 4) is 44.8 Å². The van der Waals surface area contributed by atoms with Crippen molar-refractivity contribution in [2.75, 3.05) is 0 Å². The van der Waals surface area contributed by atoms with Gasteiger partial charge in [0, 0.05) is 43.6 Å². The summed E-state index contributed by atoms with van der Waals surface area (Å²) in [5.74, 6) is 0. The summed E-state index contributed by atoms with van der Waals surface area (Å²) >= 11 is 0. The third-order valence-electron chi connectivity index (χ3n) is 17.2. The molecule has 15 rings (SSSR count). The number of hydrogen-bond donors (Lipinski definition) is 0. The van der Waals surface area contributed by atoms with E-state index >= 15 is 0 Å². The molecule has 0 N–H and O–H groups in total. The minimum atomic E-state index is 1.11. The number of rotatable bonds is 8. The summed E-state index contributed by atoms with van der Waals surface area (Å²) in [7, 11) is 0. The summed E-state index contributed by atoms with van der Waals surface area (Å²) in [5.41, 5.74) is 24.0. The van der Waals surface area contributed by atoms with Gasteiger partial charge in [0.2, 0.25) is 0 Å². The molecular formula is C77H57N3. The highest BCUT2D eigenvalue weighted by molar-refractivity contribution is 6.22. The zero-order chi connectivity index (χ0) is 53.8. The Balaban J connectivity index is 0.977. The molecule has 3 aromatic heterocycles. The number of aromatic nitrogens is 3. The zero-order valence-corrected chi connectivity index (χ0v) is 45.6. The lowest BCUT2D eigenvalue weighted by Crippen LogP contribution is -2.00. The first-order valence-electron chi connectivity index (χ1n) is 27.9. The van der Waals surface area contributed by atoms with Crippen molar-refractivity contribution in [2.24, 2.45) is 0 Å². The maximum Gasteiger partial charge on any atom is 0.0543 e. The molecule has 0 amide bonds. The first-order chi connectivity index (χ1) is 39.3. The smallest absolute Gasteiger partial charge is 0.0543 e. The second kappa shape index (κ2) is 18.6. The Morgan fingerprint density at radius 1 is 0.325 bits per heavy atom. The molecule has 0 spiro atoms. The quantitative estimate of drug-likeness (QED) is 0.106. The molecule has 15 aromatic rings. The summed E-state index contributed by atoms with van der Waals surface area (Å²) in [6.45, 7) is 11.2. The second-order valence-electron chi connectivity index (χ2n) is 22.0. The lowest BCUT2D eigenvalue weighted by molar-refractivity contribution is 1.16. The monoisotopic (exact) mass is 1020 g/mol. The summed E-state index contributed by atoms with van der Waals surface area (Å²) in [4.78, 5) is 0. The number of para-hydroxylation sites is 4. The first-order valence-corrected chi connectivity index (χ1v) is 27.9. The van der Waals surface area contributed by atoms with Gasteiger partial charge in [-0.25, -0.2) is 0 Å². The van der Waals surface area contributed by atoms with Gasteiger partial charge in [0.05, 0.1) is 44.5 Å². The van der Waals surface area contributed by atoms with Gasteiger partial charge in [0.1, 0.15) is 0 Å². The predicted octanol–water partition coefficient (Wildman–Crippen LogP) is 21.2. The van der Waals surface area contributed by atoms with Crippen molar-refractivity contribution in [1.29, 1.82) is 0 Å². The molecule has 380 valence electrons. The van der Waals surface area contributed by atoms with Crippen molar-refractivity contribution in [3.05, 3.63) is 283 Å². The number of fused-ring (bicyclic) bond motifs is 11. The zero-order valence-electron chi connectivity index (χ0n) is 45.6. The van der Waals surface area contributed by atoms with Crippen LogP contribution in [-0.4, -0.2) is 13.7 Å². The maximum atomic E-state index is 2.48. The Morgan fingerprint density at radius 3 is 1.27 bits per heavy atom. The van der Waals surface area contributed by atoms with Gasteiger partial charge in [-0.2, -0.15) is 0 Å².